The number of aromatic nitrogens is 8. The number of benzene rings is 2. The standard InChI is InChI=1S/C30H35N11O2/c1-19-37-39-41(38-19)30(43)14-12-24(26(30)42)40-18-33-25-27(35-29(36-28(25)40)34-22-13-15-31-16-22)32-17-23(20-8-4-2-5-9-20)21-10-6-3-7-11-21/h2-11,18,22-24,26,31,42-43H,12-17H2,1H3,(H2,32,34,35,36)/t22-,24-,26+,30-/m1/s1. The molecule has 13 nitrogen and oxygen atoms in total. The second kappa shape index (κ2) is 11.3. The first-order valence-corrected chi connectivity index (χ1v) is 14.7. The van der Waals surface area contributed by atoms with Gasteiger partial charge < -0.3 is 30.7 Å². The molecule has 2 fully saturated rings. The van der Waals surface area contributed by atoms with Gasteiger partial charge in [-0.3, -0.25) is 0 Å². The van der Waals surface area contributed by atoms with Crippen molar-refractivity contribution >= 4 is 22.9 Å². The summed E-state index contributed by atoms with van der Waals surface area (Å²) in [4.78, 5) is 15.6. The van der Waals surface area contributed by atoms with Crippen LogP contribution in [0.3, 0.4) is 0 Å². The number of aliphatic hydroxyl groups is 2. The van der Waals surface area contributed by atoms with Crippen LogP contribution in [-0.4, -0.2) is 81.7 Å². The van der Waals surface area contributed by atoms with Gasteiger partial charge in [0.15, 0.2) is 22.8 Å². The average Bonchev–Trinajstić information content (AvgIpc) is 3.84. The molecule has 2 aliphatic rings. The van der Waals surface area contributed by atoms with Gasteiger partial charge >= 0.3 is 0 Å². The average molecular weight is 582 g/mol. The Balaban J connectivity index is 1.24. The van der Waals surface area contributed by atoms with Crippen molar-refractivity contribution in [3.05, 3.63) is 83.9 Å². The maximum absolute atomic E-state index is 11.4. The second-order valence-electron chi connectivity index (χ2n) is 11.4. The Morgan fingerprint density at radius 1 is 1.05 bits per heavy atom. The number of aliphatic hydroxyl groups excluding tert-OH is 1. The van der Waals surface area contributed by atoms with Crippen LogP contribution in [0.5, 0.6) is 0 Å². The fourth-order valence-electron chi connectivity index (χ4n) is 6.24. The zero-order valence-electron chi connectivity index (χ0n) is 23.9. The summed E-state index contributed by atoms with van der Waals surface area (Å²) in [7, 11) is 0. The van der Waals surface area contributed by atoms with Crippen LogP contribution in [0.1, 0.15) is 48.2 Å². The number of anilines is 2. The lowest BCUT2D eigenvalue weighted by atomic mass is 9.91. The second-order valence-corrected chi connectivity index (χ2v) is 11.4. The smallest absolute Gasteiger partial charge is 0.227 e. The van der Waals surface area contributed by atoms with Crippen LogP contribution in [0.25, 0.3) is 11.2 Å². The number of nitrogens with one attached hydrogen (secondary N) is 3. The van der Waals surface area contributed by atoms with Crippen LogP contribution in [0.2, 0.25) is 0 Å². The first-order valence-electron chi connectivity index (χ1n) is 14.7. The van der Waals surface area contributed by atoms with Gasteiger partial charge in [-0.2, -0.15) is 9.97 Å². The van der Waals surface area contributed by atoms with Crippen molar-refractivity contribution in [2.45, 2.75) is 56.0 Å². The zero-order chi connectivity index (χ0) is 29.4. The van der Waals surface area contributed by atoms with Crippen molar-refractivity contribution < 1.29 is 10.2 Å². The Morgan fingerprint density at radius 2 is 1.79 bits per heavy atom. The number of aryl methyl sites for hydroxylation is 1. The first-order chi connectivity index (χ1) is 21.0. The molecule has 1 aliphatic carbocycles. The molecule has 2 aromatic carbocycles. The van der Waals surface area contributed by atoms with Gasteiger partial charge in [0.05, 0.1) is 12.4 Å². The van der Waals surface area contributed by atoms with Crippen molar-refractivity contribution in [2.24, 2.45) is 0 Å². The topological polar surface area (TPSA) is 164 Å². The van der Waals surface area contributed by atoms with Gasteiger partial charge in [0.2, 0.25) is 11.7 Å². The van der Waals surface area contributed by atoms with Gasteiger partial charge in [-0.25, -0.2) is 4.98 Å². The summed E-state index contributed by atoms with van der Waals surface area (Å²) >= 11 is 0. The highest BCUT2D eigenvalue weighted by atomic mass is 16.4. The van der Waals surface area contributed by atoms with Gasteiger partial charge in [0.1, 0.15) is 6.10 Å². The minimum atomic E-state index is -1.69. The van der Waals surface area contributed by atoms with E-state index in [9.17, 15) is 10.2 Å². The Kier molecular flexibility index (Phi) is 7.21. The van der Waals surface area contributed by atoms with E-state index >= 15 is 0 Å². The molecule has 4 atom stereocenters. The van der Waals surface area contributed by atoms with Gasteiger partial charge in [0, 0.05) is 31.5 Å². The van der Waals surface area contributed by atoms with Crippen molar-refractivity contribution in [3.63, 3.8) is 0 Å². The van der Waals surface area contributed by atoms with Crippen LogP contribution in [0.15, 0.2) is 67.0 Å². The van der Waals surface area contributed by atoms with Crippen molar-refractivity contribution in [3.8, 4) is 0 Å². The quantitative estimate of drug-likeness (QED) is 0.173. The molecular weight excluding hydrogens is 546 g/mol. The number of hydrogen-bond donors (Lipinski definition) is 5. The molecule has 13 heteroatoms. The van der Waals surface area contributed by atoms with Crippen LogP contribution in [-0.2, 0) is 5.72 Å². The maximum Gasteiger partial charge on any atom is 0.227 e. The van der Waals surface area contributed by atoms with E-state index in [1.165, 1.54) is 11.1 Å². The highest BCUT2D eigenvalue weighted by Gasteiger charge is 2.51. The van der Waals surface area contributed by atoms with Crippen molar-refractivity contribution in [1.29, 1.82) is 0 Å². The van der Waals surface area contributed by atoms with E-state index in [0.717, 1.165) is 24.3 Å². The predicted molar refractivity (Wildman–Crippen MR) is 160 cm³/mol. The molecule has 5 aromatic rings. The van der Waals surface area contributed by atoms with Gasteiger partial charge in [-0.15, -0.1) is 15.0 Å². The number of tetrazole rings is 1. The Labute approximate surface area is 248 Å². The fraction of sp³-hybridized carbons (Fsp3) is 0.400. The third kappa shape index (κ3) is 5.19. The number of nitrogens with zero attached hydrogens (tertiary/aromatic N) is 8. The molecule has 4 heterocycles. The lowest BCUT2D eigenvalue weighted by Crippen LogP contribution is -2.45. The molecule has 43 heavy (non-hydrogen) atoms. The Morgan fingerprint density at radius 3 is 2.44 bits per heavy atom. The maximum atomic E-state index is 11.4. The van der Waals surface area contributed by atoms with Crippen molar-refractivity contribution in [2.75, 3.05) is 30.3 Å². The molecule has 1 saturated heterocycles. The molecular formula is C30H35N11O2. The molecule has 3 aromatic heterocycles. The Bertz CT molecular complexity index is 1650. The van der Waals surface area contributed by atoms with Crippen LogP contribution in [0, 0.1) is 6.92 Å². The van der Waals surface area contributed by atoms with Gasteiger partial charge in [-0.1, -0.05) is 60.7 Å². The molecule has 0 bridgehead atoms. The summed E-state index contributed by atoms with van der Waals surface area (Å²) in [5, 5.41) is 45.2. The summed E-state index contributed by atoms with van der Waals surface area (Å²) in [5.74, 6) is 1.58. The summed E-state index contributed by atoms with van der Waals surface area (Å²) in [6, 6.07) is 20.5. The number of hydrogen-bond acceptors (Lipinski definition) is 11. The molecule has 1 aliphatic heterocycles. The first kappa shape index (κ1) is 27.4. The number of fused-ring (bicyclic) bond motifs is 1. The summed E-state index contributed by atoms with van der Waals surface area (Å²) in [6.07, 6.45) is 2.14. The van der Waals surface area contributed by atoms with E-state index in [-0.39, 0.29) is 18.4 Å². The van der Waals surface area contributed by atoms with E-state index in [2.05, 4.69) is 79.9 Å². The number of rotatable bonds is 9. The van der Waals surface area contributed by atoms with E-state index in [1.54, 1.807) is 13.3 Å². The molecule has 0 spiro atoms. The SMILES string of the molecule is Cc1nnn([C@@]2(O)CC[C@@H](n3cnc4c(NCC(c5ccccc5)c5ccccc5)nc(N[C@@H]5CCNC5)nc43)[C@@H]2O)n1. The van der Waals surface area contributed by atoms with Crippen LogP contribution >= 0.6 is 0 Å². The third-order valence-electron chi connectivity index (χ3n) is 8.56. The van der Waals surface area contributed by atoms with Crippen molar-refractivity contribution in [1.82, 2.24) is 45.0 Å². The normalized spacial score (nSPS) is 23.8. The largest absolute Gasteiger partial charge is 0.386 e. The fourth-order valence-corrected chi connectivity index (χ4v) is 6.24. The molecule has 0 unspecified atom stereocenters. The molecule has 222 valence electrons. The predicted octanol–water partition coefficient (Wildman–Crippen LogP) is 2.18. The van der Waals surface area contributed by atoms with E-state index in [4.69, 9.17) is 15.0 Å². The van der Waals surface area contributed by atoms with E-state index in [1.807, 2.05) is 16.7 Å². The Hall–Kier alpha value is -4.46. The van der Waals surface area contributed by atoms with Gasteiger partial charge in [-0.05, 0) is 42.7 Å². The number of imidazole rings is 1. The van der Waals surface area contributed by atoms with Crippen LogP contribution < -0.4 is 16.0 Å². The monoisotopic (exact) mass is 581 g/mol. The highest BCUT2D eigenvalue weighted by molar-refractivity contribution is 5.84. The molecule has 5 N–H and O–H groups in total. The van der Waals surface area contributed by atoms with E-state index < -0.39 is 17.9 Å². The van der Waals surface area contributed by atoms with Gasteiger partial charge in [0.25, 0.3) is 0 Å². The molecule has 7 rings (SSSR count). The van der Waals surface area contributed by atoms with Crippen LogP contribution in [0.4, 0.5) is 11.8 Å². The summed E-state index contributed by atoms with van der Waals surface area (Å²) in [6.45, 7) is 4.03. The zero-order valence-corrected chi connectivity index (χ0v) is 23.9. The lowest BCUT2D eigenvalue weighted by molar-refractivity contribution is -0.140. The lowest BCUT2D eigenvalue weighted by Gasteiger charge is -2.27. The highest BCUT2D eigenvalue weighted by Crippen LogP contribution is 2.42. The minimum absolute atomic E-state index is 0.0789. The molecule has 1 saturated carbocycles. The summed E-state index contributed by atoms with van der Waals surface area (Å²) < 4.78 is 1.83. The minimum Gasteiger partial charge on any atom is -0.386 e. The summed E-state index contributed by atoms with van der Waals surface area (Å²) in [5.41, 5.74) is 1.85. The molecule has 0 amide bonds. The van der Waals surface area contributed by atoms with E-state index in [0.29, 0.717) is 41.7 Å². The third-order valence-corrected chi connectivity index (χ3v) is 8.56. The molecule has 0 radical (unpaired) electrons.